The summed E-state index contributed by atoms with van der Waals surface area (Å²) in [5.74, 6) is 1.39. The molecule has 0 N–H and O–H groups in total. The average molecular weight is 274 g/mol. The maximum absolute atomic E-state index is 6.61. The van der Waals surface area contributed by atoms with Crippen LogP contribution in [0.25, 0.3) is 11.1 Å². The summed E-state index contributed by atoms with van der Waals surface area (Å²) in [5, 5.41) is 0. The standard InChI is InChI=1S/C20H18O/c1-3-7-17-15(5-1)16-6-2-4-8-18(16)20(17)21-19-12-13-9-10-14(19)11-13/h1-10,13-14,19-20H,11-12H2. The van der Waals surface area contributed by atoms with Crippen LogP contribution in [0.5, 0.6) is 0 Å². The lowest BCUT2D eigenvalue weighted by atomic mass is 10.0. The van der Waals surface area contributed by atoms with Crippen molar-refractivity contribution in [2.75, 3.05) is 0 Å². The van der Waals surface area contributed by atoms with Gasteiger partial charge in [-0.15, -0.1) is 0 Å². The topological polar surface area (TPSA) is 9.23 Å². The highest BCUT2D eigenvalue weighted by Crippen LogP contribution is 2.49. The molecule has 1 fully saturated rings. The molecule has 1 nitrogen and oxygen atoms in total. The lowest BCUT2D eigenvalue weighted by Crippen LogP contribution is -2.20. The van der Waals surface area contributed by atoms with Gasteiger partial charge in [0.05, 0.1) is 6.10 Å². The Bertz CT molecular complexity index is 685. The number of allylic oxidation sites excluding steroid dienone is 1. The van der Waals surface area contributed by atoms with Gasteiger partial charge in [-0.2, -0.15) is 0 Å². The molecule has 21 heavy (non-hydrogen) atoms. The quantitative estimate of drug-likeness (QED) is 0.719. The number of hydrogen-bond acceptors (Lipinski definition) is 1. The van der Waals surface area contributed by atoms with Crippen LogP contribution in [0.2, 0.25) is 0 Å². The summed E-state index contributed by atoms with van der Waals surface area (Å²) < 4.78 is 6.61. The Morgan fingerprint density at radius 3 is 2.00 bits per heavy atom. The van der Waals surface area contributed by atoms with E-state index in [2.05, 4.69) is 60.7 Å². The summed E-state index contributed by atoms with van der Waals surface area (Å²) in [4.78, 5) is 0. The van der Waals surface area contributed by atoms with Crippen LogP contribution in [0, 0.1) is 11.8 Å². The Balaban J connectivity index is 1.55. The smallest absolute Gasteiger partial charge is 0.109 e. The second-order valence-electron chi connectivity index (χ2n) is 6.51. The van der Waals surface area contributed by atoms with Crippen molar-refractivity contribution in [3.8, 4) is 11.1 Å². The second-order valence-corrected chi connectivity index (χ2v) is 6.51. The van der Waals surface area contributed by atoms with E-state index in [-0.39, 0.29) is 6.10 Å². The van der Waals surface area contributed by atoms with Gasteiger partial charge >= 0.3 is 0 Å². The minimum absolute atomic E-state index is 0.121. The van der Waals surface area contributed by atoms with Gasteiger partial charge in [0.2, 0.25) is 0 Å². The normalized spacial score (nSPS) is 28.9. The van der Waals surface area contributed by atoms with Gasteiger partial charge < -0.3 is 4.74 Å². The van der Waals surface area contributed by atoms with Crippen molar-refractivity contribution in [2.45, 2.75) is 25.0 Å². The average Bonchev–Trinajstić information content (AvgIpc) is 3.22. The number of ether oxygens (including phenoxy) is 1. The largest absolute Gasteiger partial charge is 0.365 e. The van der Waals surface area contributed by atoms with E-state index in [0.717, 1.165) is 5.92 Å². The molecule has 0 aromatic heterocycles. The lowest BCUT2D eigenvalue weighted by Gasteiger charge is -2.24. The van der Waals surface area contributed by atoms with E-state index >= 15 is 0 Å². The Morgan fingerprint density at radius 1 is 0.762 bits per heavy atom. The maximum atomic E-state index is 6.61. The zero-order valence-electron chi connectivity index (χ0n) is 11.9. The first-order valence-electron chi connectivity index (χ1n) is 7.92. The first-order chi connectivity index (χ1) is 10.4. The fraction of sp³-hybridized carbons (Fsp3) is 0.300. The summed E-state index contributed by atoms with van der Waals surface area (Å²) in [6.45, 7) is 0. The molecule has 1 heteroatoms. The third-order valence-electron chi connectivity index (χ3n) is 5.31. The first-order valence-corrected chi connectivity index (χ1v) is 7.92. The van der Waals surface area contributed by atoms with E-state index in [9.17, 15) is 0 Å². The fourth-order valence-corrected chi connectivity index (χ4v) is 4.32. The molecule has 3 aliphatic rings. The zero-order chi connectivity index (χ0) is 13.8. The summed E-state index contributed by atoms with van der Waals surface area (Å²) in [6.07, 6.45) is 7.74. The molecule has 2 aromatic rings. The van der Waals surface area contributed by atoms with E-state index < -0.39 is 0 Å². The molecule has 3 unspecified atom stereocenters. The Hall–Kier alpha value is -1.86. The molecule has 104 valence electrons. The van der Waals surface area contributed by atoms with Crippen LogP contribution in [-0.4, -0.2) is 6.10 Å². The van der Waals surface area contributed by atoms with E-state index in [1.165, 1.54) is 35.1 Å². The second kappa shape index (κ2) is 4.32. The Kier molecular flexibility index (Phi) is 2.42. The molecule has 2 aromatic carbocycles. The number of rotatable bonds is 2. The van der Waals surface area contributed by atoms with Crippen molar-refractivity contribution in [3.63, 3.8) is 0 Å². The fourth-order valence-electron chi connectivity index (χ4n) is 4.32. The van der Waals surface area contributed by atoms with Crippen molar-refractivity contribution >= 4 is 0 Å². The molecule has 0 heterocycles. The van der Waals surface area contributed by atoms with Gasteiger partial charge in [-0.1, -0.05) is 60.7 Å². The molecule has 0 spiro atoms. The van der Waals surface area contributed by atoms with Crippen molar-refractivity contribution in [2.24, 2.45) is 11.8 Å². The monoisotopic (exact) mass is 274 g/mol. The van der Waals surface area contributed by atoms with Crippen LogP contribution in [0.3, 0.4) is 0 Å². The van der Waals surface area contributed by atoms with E-state index in [4.69, 9.17) is 4.74 Å². The molecular formula is C20H18O. The number of benzene rings is 2. The van der Waals surface area contributed by atoms with Crippen molar-refractivity contribution < 1.29 is 4.74 Å². The third-order valence-corrected chi connectivity index (χ3v) is 5.31. The van der Waals surface area contributed by atoms with Gasteiger partial charge in [-0.3, -0.25) is 0 Å². The van der Waals surface area contributed by atoms with Crippen LogP contribution >= 0.6 is 0 Å². The van der Waals surface area contributed by atoms with Gasteiger partial charge in [0, 0.05) is 5.92 Å². The predicted octanol–water partition coefficient (Wildman–Crippen LogP) is 4.74. The summed E-state index contributed by atoms with van der Waals surface area (Å²) in [5.41, 5.74) is 5.37. The molecular weight excluding hydrogens is 256 g/mol. The van der Waals surface area contributed by atoms with E-state index in [0.29, 0.717) is 12.0 Å². The van der Waals surface area contributed by atoms with Crippen LogP contribution in [0.4, 0.5) is 0 Å². The molecule has 0 aliphatic heterocycles. The SMILES string of the molecule is C1=CC2CC1CC2OC1c2ccccc2-c2ccccc21. The molecule has 5 rings (SSSR count). The van der Waals surface area contributed by atoms with E-state index in [1.807, 2.05) is 0 Å². The number of fused-ring (bicyclic) bond motifs is 5. The van der Waals surface area contributed by atoms with Crippen molar-refractivity contribution in [1.29, 1.82) is 0 Å². The minimum atomic E-state index is 0.121. The highest BCUT2D eigenvalue weighted by molar-refractivity contribution is 5.78. The van der Waals surface area contributed by atoms with Gasteiger partial charge in [-0.25, -0.2) is 0 Å². The van der Waals surface area contributed by atoms with Crippen molar-refractivity contribution in [3.05, 3.63) is 71.8 Å². The summed E-state index contributed by atoms with van der Waals surface area (Å²) in [7, 11) is 0. The third kappa shape index (κ3) is 1.67. The molecule has 3 aliphatic carbocycles. The molecule has 1 saturated carbocycles. The highest BCUT2D eigenvalue weighted by atomic mass is 16.5. The molecule has 2 bridgehead atoms. The molecule has 0 saturated heterocycles. The van der Waals surface area contributed by atoms with Crippen LogP contribution in [-0.2, 0) is 4.74 Å². The van der Waals surface area contributed by atoms with Gasteiger partial charge in [0.25, 0.3) is 0 Å². The van der Waals surface area contributed by atoms with Gasteiger partial charge in [0.15, 0.2) is 0 Å². The highest BCUT2D eigenvalue weighted by Gasteiger charge is 2.40. The van der Waals surface area contributed by atoms with E-state index in [1.54, 1.807) is 0 Å². The Morgan fingerprint density at radius 2 is 1.43 bits per heavy atom. The number of hydrogen-bond donors (Lipinski definition) is 0. The predicted molar refractivity (Wildman–Crippen MR) is 83.9 cm³/mol. The summed E-state index contributed by atoms with van der Waals surface area (Å²) in [6, 6.07) is 17.4. The molecule has 0 radical (unpaired) electrons. The van der Waals surface area contributed by atoms with Crippen LogP contribution in [0.1, 0.15) is 30.1 Å². The zero-order valence-corrected chi connectivity index (χ0v) is 11.9. The first kappa shape index (κ1) is 11.8. The maximum Gasteiger partial charge on any atom is 0.109 e. The van der Waals surface area contributed by atoms with Gasteiger partial charge in [0.1, 0.15) is 6.10 Å². The van der Waals surface area contributed by atoms with Crippen LogP contribution in [0.15, 0.2) is 60.7 Å². The lowest BCUT2D eigenvalue weighted by molar-refractivity contribution is -0.00379. The van der Waals surface area contributed by atoms with Gasteiger partial charge in [-0.05, 0) is 41.0 Å². The van der Waals surface area contributed by atoms with Crippen molar-refractivity contribution in [1.82, 2.24) is 0 Å². The minimum Gasteiger partial charge on any atom is -0.365 e. The summed E-state index contributed by atoms with van der Waals surface area (Å²) >= 11 is 0. The molecule has 0 amide bonds. The Labute approximate surface area is 125 Å². The molecule has 3 atom stereocenters. The van der Waals surface area contributed by atoms with Crippen LogP contribution < -0.4 is 0 Å².